The smallest absolute Gasteiger partial charge is 0.275 e. The summed E-state index contributed by atoms with van der Waals surface area (Å²) in [6.07, 6.45) is 6.41. The van der Waals surface area contributed by atoms with Crippen molar-refractivity contribution >= 4 is 22.2 Å². The van der Waals surface area contributed by atoms with E-state index in [-0.39, 0.29) is 18.9 Å². The highest BCUT2D eigenvalue weighted by molar-refractivity contribution is 7.17. The Morgan fingerprint density at radius 3 is 2.57 bits per heavy atom. The van der Waals surface area contributed by atoms with Crippen molar-refractivity contribution in [3.8, 4) is 5.19 Å². The molecule has 23 heavy (non-hydrogen) atoms. The summed E-state index contributed by atoms with van der Waals surface area (Å²) in [5.41, 5.74) is 0. The highest BCUT2D eigenvalue weighted by atomic mass is 32.1. The number of carbonyl (C=O) groups excluding carboxylic acids is 1. The van der Waals surface area contributed by atoms with Crippen molar-refractivity contribution in [2.75, 3.05) is 11.9 Å². The monoisotopic (exact) mass is 344 g/mol. The number of nitrogens with zero attached hydrogens (tertiary/aromatic N) is 1. The van der Waals surface area contributed by atoms with Crippen LogP contribution in [0, 0.1) is 5.92 Å². The lowest BCUT2D eigenvalue weighted by Gasteiger charge is -2.14. The van der Waals surface area contributed by atoms with Crippen molar-refractivity contribution in [2.45, 2.75) is 65.1 Å². The first kappa shape index (κ1) is 19.9. The zero-order valence-electron chi connectivity index (χ0n) is 14.0. The van der Waals surface area contributed by atoms with Crippen molar-refractivity contribution in [1.29, 1.82) is 0 Å². The van der Waals surface area contributed by atoms with Crippen LogP contribution < -0.4 is 10.1 Å². The lowest BCUT2D eigenvalue weighted by Crippen LogP contribution is -2.12. The van der Waals surface area contributed by atoms with E-state index in [4.69, 9.17) is 14.9 Å². The summed E-state index contributed by atoms with van der Waals surface area (Å²) in [7, 11) is 0. The Kier molecular flexibility index (Phi) is 9.82. The molecule has 6 nitrogen and oxygen atoms in total. The lowest BCUT2D eigenvalue weighted by molar-refractivity contribution is -0.116. The second kappa shape index (κ2) is 11.4. The number of aromatic nitrogens is 1. The van der Waals surface area contributed by atoms with E-state index in [0.29, 0.717) is 22.5 Å². The highest BCUT2D eigenvalue weighted by Crippen LogP contribution is 2.26. The van der Waals surface area contributed by atoms with E-state index >= 15 is 0 Å². The van der Waals surface area contributed by atoms with Crippen LogP contribution in [0.4, 0.5) is 5.00 Å². The van der Waals surface area contributed by atoms with Gasteiger partial charge in [0.1, 0.15) is 5.00 Å². The van der Waals surface area contributed by atoms with Crippen molar-refractivity contribution in [1.82, 2.24) is 4.98 Å². The van der Waals surface area contributed by atoms with Gasteiger partial charge in [-0.05, 0) is 12.3 Å². The number of thiazole rings is 1. The molecule has 0 bridgehead atoms. The molecule has 7 heteroatoms. The minimum absolute atomic E-state index is 0.00295. The van der Waals surface area contributed by atoms with Gasteiger partial charge in [0.05, 0.1) is 12.8 Å². The van der Waals surface area contributed by atoms with Crippen LogP contribution in [0.1, 0.15) is 58.8 Å². The van der Waals surface area contributed by atoms with Crippen LogP contribution >= 0.6 is 11.3 Å². The first-order chi connectivity index (χ1) is 11.0. The molecule has 1 heterocycles. The number of ether oxygens (including phenoxy) is 1. The van der Waals surface area contributed by atoms with Gasteiger partial charge in [-0.25, -0.2) is 4.98 Å². The maximum atomic E-state index is 12.0. The minimum Gasteiger partial charge on any atom is -0.470 e. The molecule has 0 fully saturated rings. The fourth-order valence-electron chi connectivity index (χ4n) is 2.42. The molecule has 1 aromatic rings. The second-order valence-corrected chi connectivity index (χ2v) is 6.63. The Labute approximate surface area is 141 Å². The zero-order chi connectivity index (χ0) is 17.1. The largest absolute Gasteiger partial charge is 0.470 e. The number of amides is 1. The first-order valence-corrected chi connectivity index (χ1v) is 9.11. The summed E-state index contributed by atoms with van der Waals surface area (Å²) in [4.78, 5) is 16.0. The topological polar surface area (TPSA) is 91.7 Å². The maximum Gasteiger partial charge on any atom is 0.275 e. The molecular formula is C16H28N2O4S. The SMILES string of the molecule is CCCC(CCC)CCC(=O)Nc1cnc(OCCC(O)O)s1. The molecule has 0 radical (unpaired) electrons. The fraction of sp³-hybridized carbons (Fsp3) is 0.750. The number of hydrogen-bond donors (Lipinski definition) is 3. The Balaban J connectivity index is 2.32. The molecule has 0 atom stereocenters. The normalized spacial score (nSPS) is 11.2. The number of anilines is 1. The van der Waals surface area contributed by atoms with Crippen LogP contribution in [0.15, 0.2) is 6.20 Å². The van der Waals surface area contributed by atoms with E-state index < -0.39 is 6.29 Å². The van der Waals surface area contributed by atoms with E-state index in [9.17, 15) is 4.79 Å². The van der Waals surface area contributed by atoms with Gasteiger partial charge >= 0.3 is 0 Å². The Morgan fingerprint density at radius 2 is 1.96 bits per heavy atom. The van der Waals surface area contributed by atoms with Crippen molar-refractivity contribution in [3.63, 3.8) is 0 Å². The summed E-state index contributed by atoms with van der Waals surface area (Å²) in [5, 5.41) is 21.4. The lowest BCUT2D eigenvalue weighted by atomic mass is 9.93. The number of hydrogen-bond acceptors (Lipinski definition) is 6. The Hall–Kier alpha value is -1.18. The second-order valence-electron chi connectivity index (χ2n) is 5.64. The number of rotatable bonds is 12. The van der Waals surface area contributed by atoms with Crippen LogP contribution in [-0.4, -0.2) is 34.0 Å². The van der Waals surface area contributed by atoms with E-state index in [1.54, 1.807) is 6.20 Å². The summed E-state index contributed by atoms with van der Waals surface area (Å²) in [6, 6.07) is 0. The van der Waals surface area contributed by atoms with Crippen LogP contribution in [0.5, 0.6) is 5.19 Å². The third kappa shape index (κ3) is 8.88. The number of aliphatic hydroxyl groups excluding tert-OH is 1. The average Bonchev–Trinajstić information content (AvgIpc) is 2.92. The number of carbonyl (C=O) groups is 1. The van der Waals surface area contributed by atoms with Gasteiger partial charge in [0, 0.05) is 12.8 Å². The molecule has 0 unspecified atom stereocenters. The van der Waals surface area contributed by atoms with Gasteiger partial charge in [-0.1, -0.05) is 50.9 Å². The molecule has 0 spiro atoms. The van der Waals surface area contributed by atoms with Gasteiger partial charge in [0.2, 0.25) is 5.91 Å². The standard InChI is InChI=1S/C16H28N2O4S/c1-3-5-12(6-4-2)7-8-13(19)18-14-11-17-16(23-14)22-10-9-15(20)21/h11-12,15,20-21H,3-10H2,1-2H3,(H,18,19). The molecule has 0 aromatic carbocycles. The van der Waals surface area contributed by atoms with Crippen molar-refractivity contribution in [2.24, 2.45) is 5.92 Å². The van der Waals surface area contributed by atoms with E-state index in [1.165, 1.54) is 24.2 Å². The molecule has 1 amide bonds. The van der Waals surface area contributed by atoms with Crippen LogP contribution in [0.25, 0.3) is 0 Å². The first-order valence-electron chi connectivity index (χ1n) is 8.29. The van der Waals surface area contributed by atoms with Gasteiger partial charge in [-0.3, -0.25) is 4.79 Å². The number of aliphatic hydroxyl groups is 2. The fourth-order valence-corrected chi connectivity index (χ4v) is 3.12. The van der Waals surface area contributed by atoms with Gasteiger partial charge in [0.15, 0.2) is 6.29 Å². The molecule has 1 rings (SSSR count). The van der Waals surface area contributed by atoms with Gasteiger partial charge in [-0.15, -0.1) is 0 Å². The quantitative estimate of drug-likeness (QED) is 0.507. The summed E-state index contributed by atoms with van der Waals surface area (Å²) >= 11 is 1.24. The van der Waals surface area contributed by atoms with E-state index in [0.717, 1.165) is 19.3 Å². The maximum absolute atomic E-state index is 12.0. The highest BCUT2D eigenvalue weighted by Gasteiger charge is 2.12. The molecule has 0 aliphatic heterocycles. The minimum atomic E-state index is -1.38. The van der Waals surface area contributed by atoms with Gasteiger partial charge < -0.3 is 20.3 Å². The predicted octanol–water partition coefficient (Wildman–Crippen LogP) is 3.16. The number of nitrogens with one attached hydrogen (secondary N) is 1. The molecule has 0 saturated carbocycles. The van der Waals surface area contributed by atoms with Gasteiger partial charge in [0.25, 0.3) is 5.19 Å². The molecular weight excluding hydrogens is 316 g/mol. The zero-order valence-corrected chi connectivity index (χ0v) is 14.8. The third-order valence-electron chi connectivity index (χ3n) is 3.52. The molecule has 0 aliphatic rings. The summed E-state index contributed by atoms with van der Waals surface area (Å²) < 4.78 is 5.28. The Bertz CT molecular complexity index is 445. The molecule has 1 aromatic heterocycles. The summed E-state index contributed by atoms with van der Waals surface area (Å²) in [6.45, 7) is 4.53. The summed E-state index contributed by atoms with van der Waals surface area (Å²) in [5.74, 6) is 0.629. The molecule has 3 N–H and O–H groups in total. The Morgan fingerprint density at radius 1 is 1.26 bits per heavy atom. The van der Waals surface area contributed by atoms with Crippen molar-refractivity contribution < 1.29 is 19.7 Å². The van der Waals surface area contributed by atoms with E-state index in [2.05, 4.69) is 24.1 Å². The van der Waals surface area contributed by atoms with Crippen molar-refractivity contribution in [3.05, 3.63) is 6.20 Å². The third-order valence-corrected chi connectivity index (χ3v) is 4.35. The van der Waals surface area contributed by atoms with Gasteiger partial charge in [-0.2, -0.15) is 0 Å². The average molecular weight is 344 g/mol. The molecule has 0 saturated heterocycles. The van der Waals surface area contributed by atoms with Crippen LogP contribution in [-0.2, 0) is 4.79 Å². The molecule has 0 aliphatic carbocycles. The molecule has 132 valence electrons. The van der Waals surface area contributed by atoms with Crippen LogP contribution in [0.3, 0.4) is 0 Å². The van der Waals surface area contributed by atoms with E-state index in [1.807, 2.05) is 0 Å². The predicted molar refractivity (Wildman–Crippen MR) is 91.6 cm³/mol. The van der Waals surface area contributed by atoms with Crippen LogP contribution in [0.2, 0.25) is 0 Å².